The molecule has 3 unspecified atom stereocenters. The minimum atomic E-state index is -0.574. The van der Waals surface area contributed by atoms with Gasteiger partial charge in [0.2, 0.25) is 5.91 Å². The first-order chi connectivity index (χ1) is 11.6. The van der Waals surface area contributed by atoms with E-state index in [0.717, 1.165) is 11.8 Å². The van der Waals surface area contributed by atoms with Gasteiger partial charge in [-0.1, -0.05) is 0 Å². The number of methoxy groups -OCH3 is 1. The molecule has 1 aromatic heterocycles. The number of nitrogens with zero attached hydrogens (tertiary/aromatic N) is 1. The molecule has 3 N–H and O–H groups in total. The first-order valence-corrected chi connectivity index (χ1v) is 7.78. The number of ether oxygens (including phenoxy) is 2. The monoisotopic (exact) mass is 327 g/mol. The highest BCUT2D eigenvalue weighted by molar-refractivity contribution is 6.01. The Morgan fingerprint density at radius 1 is 1.42 bits per heavy atom. The van der Waals surface area contributed by atoms with Crippen LogP contribution in [0.5, 0.6) is 11.5 Å². The number of nitrogens with one attached hydrogen (secondary N) is 1. The molecule has 0 radical (unpaired) electrons. The van der Waals surface area contributed by atoms with Crippen molar-refractivity contribution in [1.29, 1.82) is 0 Å². The molecular weight excluding hydrogens is 310 g/mol. The molecular formula is C17H17N3O4. The number of piperidine rings is 1. The quantitative estimate of drug-likeness (QED) is 0.847. The lowest BCUT2D eigenvalue weighted by Gasteiger charge is -2.16. The summed E-state index contributed by atoms with van der Waals surface area (Å²) in [6.07, 6.45) is 2.56. The average molecular weight is 327 g/mol. The molecule has 1 saturated carbocycles. The Morgan fingerprint density at radius 2 is 2.25 bits per heavy atom. The van der Waals surface area contributed by atoms with E-state index >= 15 is 0 Å². The number of carbonyl (C=O) groups is 2. The van der Waals surface area contributed by atoms with Gasteiger partial charge in [0.1, 0.15) is 18.1 Å². The van der Waals surface area contributed by atoms with Gasteiger partial charge >= 0.3 is 0 Å². The number of fused-ring (bicyclic) bond motifs is 2. The standard InChI is InChI=1S/C17H17N3O4/c1-23-15-6-10-12(5-11(15)16(18)21)19-3-2-14(10)24-7-13-8-4-9(8)17(22)20-13/h2-3,5-6,8-9,13H,4,7H2,1H3,(H2,18,21)(H,20,22). The molecule has 2 aromatic rings. The third kappa shape index (κ3) is 2.33. The maximum absolute atomic E-state index is 11.6. The van der Waals surface area contributed by atoms with Crippen molar-refractivity contribution in [2.45, 2.75) is 12.5 Å². The molecule has 4 rings (SSSR count). The zero-order valence-corrected chi connectivity index (χ0v) is 13.1. The van der Waals surface area contributed by atoms with Crippen molar-refractivity contribution in [3.8, 4) is 11.5 Å². The summed E-state index contributed by atoms with van der Waals surface area (Å²) in [4.78, 5) is 27.4. The Bertz CT molecular complexity index is 851. The van der Waals surface area contributed by atoms with Crippen LogP contribution in [0.25, 0.3) is 10.9 Å². The molecule has 124 valence electrons. The van der Waals surface area contributed by atoms with Crippen LogP contribution in [0.2, 0.25) is 0 Å². The van der Waals surface area contributed by atoms with Crippen molar-refractivity contribution in [1.82, 2.24) is 10.3 Å². The van der Waals surface area contributed by atoms with Crippen molar-refractivity contribution in [3.63, 3.8) is 0 Å². The SMILES string of the molecule is COc1cc2c(OCC3NC(=O)C4CC34)ccnc2cc1C(N)=O. The van der Waals surface area contributed by atoms with Crippen molar-refractivity contribution < 1.29 is 19.1 Å². The van der Waals surface area contributed by atoms with Gasteiger partial charge in [-0.25, -0.2) is 0 Å². The van der Waals surface area contributed by atoms with Crippen LogP contribution >= 0.6 is 0 Å². The van der Waals surface area contributed by atoms with Gasteiger partial charge in [-0.15, -0.1) is 0 Å². The van der Waals surface area contributed by atoms with Crippen LogP contribution in [0.15, 0.2) is 24.4 Å². The van der Waals surface area contributed by atoms with Crippen LogP contribution in [0.4, 0.5) is 0 Å². The van der Waals surface area contributed by atoms with Crippen LogP contribution < -0.4 is 20.5 Å². The molecule has 1 aliphatic heterocycles. The minimum absolute atomic E-state index is 0.0532. The van der Waals surface area contributed by atoms with Gasteiger partial charge in [-0.2, -0.15) is 0 Å². The lowest BCUT2D eigenvalue weighted by molar-refractivity contribution is -0.121. The van der Waals surface area contributed by atoms with E-state index < -0.39 is 5.91 Å². The number of hydrogen-bond donors (Lipinski definition) is 2. The Hall–Kier alpha value is -2.83. The van der Waals surface area contributed by atoms with Gasteiger partial charge in [0.25, 0.3) is 5.91 Å². The molecule has 24 heavy (non-hydrogen) atoms. The van der Waals surface area contributed by atoms with Gasteiger partial charge in [0.05, 0.1) is 24.2 Å². The number of benzene rings is 1. The number of nitrogens with two attached hydrogens (primary N) is 1. The van der Waals surface area contributed by atoms with E-state index in [0.29, 0.717) is 29.5 Å². The molecule has 2 amide bonds. The fraction of sp³-hybridized carbons (Fsp3) is 0.353. The summed E-state index contributed by atoms with van der Waals surface area (Å²) in [6, 6.07) is 5.10. The summed E-state index contributed by atoms with van der Waals surface area (Å²) >= 11 is 0. The molecule has 2 heterocycles. The largest absolute Gasteiger partial charge is 0.496 e. The van der Waals surface area contributed by atoms with Crippen LogP contribution in [-0.2, 0) is 4.79 Å². The average Bonchev–Trinajstić information content (AvgIpc) is 3.32. The van der Waals surface area contributed by atoms with Gasteiger partial charge in [0.15, 0.2) is 0 Å². The fourth-order valence-corrected chi connectivity index (χ4v) is 3.34. The minimum Gasteiger partial charge on any atom is -0.496 e. The molecule has 0 spiro atoms. The number of pyridine rings is 1. The molecule has 3 atom stereocenters. The zero-order chi connectivity index (χ0) is 16.8. The summed E-state index contributed by atoms with van der Waals surface area (Å²) in [5, 5.41) is 3.69. The second kappa shape index (κ2) is 5.36. The smallest absolute Gasteiger partial charge is 0.252 e. The van der Waals surface area contributed by atoms with E-state index in [4.69, 9.17) is 15.2 Å². The lowest BCUT2D eigenvalue weighted by Crippen LogP contribution is -2.35. The predicted octanol–water partition coefficient (Wildman–Crippen LogP) is 0.856. The third-order valence-corrected chi connectivity index (χ3v) is 4.73. The number of amides is 2. The first kappa shape index (κ1) is 14.7. The van der Waals surface area contributed by atoms with Gasteiger partial charge in [-0.05, 0) is 30.5 Å². The van der Waals surface area contributed by atoms with Gasteiger partial charge < -0.3 is 20.5 Å². The van der Waals surface area contributed by atoms with Gasteiger partial charge in [0, 0.05) is 17.5 Å². The second-order valence-corrected chi connectivity index (χ2v) is 6.18. The van der Waals surface area contributed by atoms with E-state index in [9.17, 15) is 9.59 Å². The third-order valence-electron chi connectivity index (χ3n) is 4.73. The van der Waals surface area contributed by atoms with E-state index in [2.05, 4.69) is 10.3 Å². The number of hydrogen-bond acceptors (Lipinski definition) is 5. The maximum atomic E-state index is 11.6. The summed E-state index contributed by atoms with van der Waals surface area (Å²) in [7, 11) is 1.48. The van der Waals surface area contributed by atoms with Crippen LogP contribution in [0.3, 0.4) is 0 Å². The fourth-order valence-electron chi connectivity index (χ4n) is 3.34. The number of aromatic nitrogens is 1. The van der Waals surface area contributed by atoms with Crippen molar-refractivity contribution in [2.24, 2.45) is 17.6 Å². The molecule has 1 aliphatic carbocycles. The van der Waals surface area contributed by atoms with Crippen LogP contribution in [0, 0.1) is 11.8 Å². The molecule has 7 nitrogen and oxygen atoms in total. The van der Waals surface area contributed by atoms with Crippen LogP contribution in [0.1, 0.15) is 16.8 Å². The molecule has 7 heteroatoms. The Labute approximate surface area is 138 Å². The first-order valence-electron chi connectivity index (χ1n) is 7.78. The highest BCUT2D eigenvalue weighted by atomic mass is 16.5. The Kier molecular flexibility index (Phi) is 3.30. The van der Waals surface area contributed by atoms with E-state index in [-0.39, 0.29) is 23.4 Å². The number of primary amides is 1. The molecule has 0 bridgehead atoms. The summed E-state index contributed by atoms with van der Waals surface area (Å²) in [5.41, 5.74) is 6.25. The topological polar surface area (TPSA) is 104 Å². The molecule has 2 aliphatic rings. The highest BCUT2D eigenvalue weighted by Crippen LogP contribution is 2.46. The van der Waals surface area contributed by atoms with E-state index in [1.807, 2.05) is 0 Å². The summed E-state index contributed by atoms with van der Waals surface area (Å²) in [5.74, 6) is 1.13. The van der Waals surface area contributed by atoms with E-state index in [1.165, 1.54) is 7.11 Å². The lowest BCUT2D eigenvalue weighted by atomic mass is 10.1. The van der Waals surface area contributed by atoms with Crippen molar-refractivity contribution in [3.05, 3.63) is 30.0 Å². The normalized spacial score (nSPS) is 24.4. The second-order valence-electron chi connectivity index (χ2n) is 6.18. The molecule has 2 fully saturated rings. The van der Waals surface area contributed by atoms with Crippen molar-refractivity contribution in [2.75, 3.05) is 13.7 Å². The van der Waals surface area contributed by atoms with Crippen LogP contribution in [-0.4, -0.2) is 36.6 Å². The number of carbonyl (C=O) groups excluding carboxylic acids is 2. The highest BCUT2D eigenvalue weighted by Gasteiger charge is 2.54. The Balaban J connectivity index is 1.63. The number of rotatable bonds is 5. The van der Waals surface area contributed by atoms with Gasteiger partial charge in [-0.3, -0.25) is 14.6 Å². The zero-order valence-electron chi connectivity index (χ0n) is 13.1. The van der Waals surface area contributed by atoms with Crippen molar-refractivity contribution >= 4 is 22.7 Å². The summed E-state index contributed by atoms with van der Waals surface area (Å²) in [6.45, 7) is 0.409. The molecule has 1 saturated heterocycles. The molecule has 1 aromatic carbocycles. The predicted molar refractivity (Wildman–Crippen MR) is 85.8 cm³/mol. The Morgan fingerprint density at radius 3 is 2.88 bits per heavy atom. The maximum Gasteiger partial charge on any atom is 0.252 e. The van der Waals surface area contributed by atoms with E-state index in [1.54, 1.807) is 24.4 Å². The summed E-state index contributed by atoms with van der Waals surface area (Å²) < 4.78 is 11.2.